The molecule has 0 aliphatic carbocycles. The smallest absolute Gasteiger partial charge is 0.475 e. The van der Waals surface area contributed by atoms with Crippen molar-refractivity contribution in [1.29, 1.82) is 0 Å². The van der Waals surface area contributed by atoms with Gasteiger partial charge in [-0.25, -0.2) is 4.79 Å². The van der Waals surface area contributed by atoms with Gasteiger partial charge in [0.25, 0.3) is 0 Å². The average molecular weight is 419 g/mol. The number of aliphatic carboxylic acids is 1. The fourth-order valence-corrected chi connectivity index (χ4v) is 2.74. The number of halogens is 3. The van der Waals surface area contributed by atoms with Crippen LogP contribution in [0.5, 0.6) is 0 Å². The quantitative estimate of drug-likeness (QED) is 0.743. The van der Waals surface area contributed by atoms with E-state index in [0.29, 0.717) is 25.2 Å². The molecule has 29 heavy (non-hydrogen) atoms. The summed E-state index contributed by atoms with van der Waals surface area (Å²) in [6.45, 7) is 4.66. The van der Waals surface area contributed by atoms with Crippen molar-refractivity contribution >= 4 is 17.8 Å². The number of carboxylic acid groups (broad SMARTS) is 1. The summed E-state index contributed by atoms with van der Waals surface area (Å²) in [7, 11) is 1.62. The van der Waals surface area contributed by atoms with Crippen LogP contribution in [-0.4, -0.2) is 82.1 Å². The summed E-state index contributed by atoms with van der Waals surface area (Å²) in [5.41, 5.74) is 0.636. The van der Waals surface area contributed by atoms with Crippen molar-refractivity contribution in [3.05, 3.63) is 24.3 Å². The molecule has 0 spiro atoms. The second-order valence-corrected chi connectivity index (χ2v) is 6.07. The van der Waals surface area contributed by atoms with Gasteiger partial charge in [-0.3, -0.25) is 24.5 Å². The third-order valence-corrected chi connectivity index (χ3v) is 4.15. The van der Waals surface area contributed by atoms with E-state index < -0.39 is 18.2 Å². The fraction of sp³-hybridized carbons (Fsp3) is 0.588. The number of hydrogen-bond acceptors (Lipinski definition) is 6. The SMILES string of the molecule is CCC(=O)N1CCCN(C(C(=O)NC)c2cnccn2)CC1.O=C(O)C(F)(F)F. The zero-order valence-corrected chi connectivity index (χ0v) is 16.1. The Morgan fingerprint density at radius 3 is 2.34 bits per heavy atom. The number of nitrogens with one attached hydrogen (secondary N) is 1. The van der Waals surface area contributed by atoms with Crippen LogP contribution >= 0.6 is 0 Å². The number of likely N-dealkylation sites (N-methyl/N-ethyl adjacent to an activating group) is 1. The summed E-state index contributed by atoms with van der Waals surface area (Å²) in [5.74, 6) is -2.69. The van der Waals surface area contributed by atoms with Crippen molar-refractivity contribution in [2.45, 2.75) is 32.0 Å². The highest BCUT2D eigenvalue weighted by Gasteiger charge is 2.38. The van der Waals surface area contributed by atoms with E-state index in [2.05, 4.69) is 20.2 Å². The van der Waals surface area contributed by atoms with Gasteiger partial charge in [0.1, 0.15) is 6.04 Å². The number of carbonyl (C=O) groups is 3. The van der Waals surface area contributed by atoms with Crippen LogP contribution in [0.4, 0.5) is 13.2 Å². The van der Waals surface area contributed by atoms with E-state index in [1.807, 2.05) is 11.8 Å². The van der Waals surface area contributed by atoms with E-state index >= 15 is 0 Å². The van der Waals surface area contributed by atoms with Crippen molar-refractivity contribution in [2.24, 2.45) is 0 Å². The van der Waals surface area contributed by atoms with E-state index in [9.17, 15) is 22.8 Å². The topological polar surface area (TPSA) is 116 Å². The number of alkyl halides is 3. The van der Waals surface area contributed by atoms with Crippen LogP contribution < -0.4 is 5.32 Å². The summed E-state index contributed by atoms with van der Waals surface area (Å²) in [6.07, 6.45) is 1.09. The van der Waals surface area contributed by atoms with E-state index in [-0.39, 0.29) is 11.8 Å². The number of carboxylic acids is 1. The Labute approximate surface area is 165 Å². The largest absolute Gasteiger partial charge is 0.490 e. The standard InChI is InChI=1S/C15H23N5O2.C2HF3O2/c1-3-13(21)19-7-4-8-20(10-9-19)14(15(22)16-2)12-11-17-5-6-18-12;3-2(4,5)1(6)7/h5-6,11,14H,3-4,7-10H2,1-2H3,(H,16,22);(H,6,7). The van der Waals surface area contributed by atoms with Crippen LogP contribution in [0.2, 0.25) is 0 Å². The summed E-state index contributed by atoms with van der Waals surface area (Å²) >= 11 is 0. The number of aromatic nitrogens is 2. The highest BCUT2D eigenvalue weighted by Crippen LogP contribution is 2.20. The molecule has 2 rings (SSSR count). The Morgan fingerprint density at radius 1 is 1.21 bits per heavy atom. The van der Waals surface area contributed by atoms with Crippen LogP contribution in [0, 0.1) is 0 Å². The molecule has 1 aliphatic heterocycles. The van der Waals surface area contributed by atoms with Gasteiger partial charge in [-0.05, 0) is 6.42 Å². The van der Waals surface area contributed by atoms with E-state index in [4.69, 9.17) is 9.90 Å². The molecule has 1 atom stereocenters. The third kappa shape index (κ3) is 7.64. The van der Waals surface area contributed by atoms with Gasteiger partial charge in [0.05, 0.1) is 11.9 Å². The molecular formula is C17H24F3N5O4. The number of nitrogens with zero attached hydrogens (tertiary/aromatic N) is 4. The molecule has 2 amide bonds. The van der Waals surface area contributed by atoms with Crippen LogP contribution in [0.3, 0.4) is 0 Å². The Hall–Kier alpha value is -2.76. The zero-order chi connectivity index (χ0) is 22.0. The van der Waals surface area contributed by atoms with Gasteiger partial charge in [-0.15, -0.1) is 0 Å². The average Bonchev–Trinajstić information content (AvgIpc) is 2.94. The number of amides is 2. The Morgan fingerprint density at radius 2 is 1.86 bits per heavy atom. The molecule has 9 nitrogen and oxygen atoms in total. The first kappa shape index (κ1) is 24.3. The minimum Gasteiger partial charge on any atom is -0.475 e. The van der Waals surface area contributed by atoms with Crippen LogP contribution in [0.25, 0.3) is 0 Å². The maximum absolute atomic E-state index is 12.3. The molecule has 0 saturated carbocycles. The number of carbonyl (C=O) groups excluding carboxylic acids is 2. The van der Waals surface area contributed by atoms with Crippen molar-refractivity contribution in [3.63, 3.8) is 0 Å². The normalized spacial score (nSPS) is 16.1. The van der Waals surface area contributed by atoms with Crippen LogP contribution in [0.1, 0.15) is 31.5 Å². The maximum Gasteiger partial charge on any atom is 0.490 e. The maximum atomic E-state index is 12.3. The lowest BCUT2D eigenvalue weighted by molar-refractivity contribution is -0.192. The van der Waals surface area contributed by atoms with Crippen LogP contribution in [0.15, 0.2) is 18.6 Å². The van der Waals surface area contributed by atoms with Gasteiger partial charge in [-0.2, -0.15) is 13.2 Å². The minimum absolute atomic E-state index is 0.101. The van der Waals surface area contributed by atoms with E-state index in [1.165, 1.54) is 0 Å². The van der Waals surface area contributed by atoms with E-state index in [1.54, 1.807) is 25.6 Å². The van der Waals surface area contributed by atoms with Crippen molar-refractivity contribution in [3.8, 4) is 0 Å². The fourth-order valence-electron chi connectivity index (χ4n) is 2.74. The van der Waals surface area contributed by atoms with Crippen molar-refractivity contribution in [1.82, 2.24) is 25.1 Å². The van der Waals surface area contributed by atoms with Crippen molar-refractivity contribution in [2.75, 3.05) is 33.2 Å². The Kier molecular flexibility index (Phi) is 9.45. The summed E-state index contributed by atoms with van der Waals surface area (Å²) in [6, 6.07) is -0.463. The van der Waals surface area contributed by atoms with Gasteiger partial charge in [0.2, 0.25) is 11.8 Å². The molecule has 1 saturated heterocycles. The molecule has 2 N–H and O–H groups in total. The first-order chi connectivity index (χ1) is 13.6. The molecule has 1 unspecified atom stereocenters. The third-order valence-electron chi connectivity index (χ3n) is 4.15. The molecule has 1 aromatic rings. The highest BCUT2D eigenvalue weighted by atomic mass is 19.4. The molecule has 1 aliphatic rings. The van der Waals surface area contributed by atoms with Gasteiger partial charge in [-0.1, -0.05) is 6.92 Å². The predicted octanol–water partition coefficient (Wildman–Crippen LogP) is 0.841. The molecule has 0 aromatic carbocycles. The summed E-state index contributed by atoms with van der Waals surface area (Å²) in [5, 5.41) is 9.82. The second-order valence-electron chi connectivity index (χ2n) is 6.07. The Balaban J connectivity index is 0.000000516. The van der Waals surface area contributed by atoms with Crippen LogP contribution in [-0.2, 0) is 14.4 Å². The van der Waals surface area contributed by atoms with Gasteiger partial charge >= 0.3 is 12.1 Å². The zero-order valence-electron chi connectivity index (χ0n) is 16.1. The lowest BCUT2D eigenvalue weighted by atomic mass is 10.1. The lowest BCUT2D eigenvalue weighted by Gasteiger charge is -2.28. The highest BCUT2D eigenvalue weighted by molar-refractivity contribution is 5.82. The number of rotatable bonds is 4. The molecule has 1 aromatic heterocycles. The molecule has 12 heteroatoms. The summed E-state index contributed by atoms with van der Waals surface area (Å²) < 4.78 is 31.7. The first-order valence-corrected chi connectivity index (χ1v) is 8.91. The number of hydrogen-bond donors (Lipinski definition) is 2. The molecule has 0 bridgehead atoms. The van der Waals surface area contributed by atoms with Gasteiger partial charge in [0, 0.05) is 52.0 Å². The second kappa shape index (κ2) is 11.3. The van der Waals surface area contributed by atoms with Gasteiger partial charge in [0.15, 0.2) is 0 Å². The molecule has 2 heterocycles. The lowest BCUT2D eigenvalue weighted by Crippen LogP contribution is -2.42. The molecular weight excluding hydrogens is 395 g/mol. The molecule has 162 valence electrons. The van der Waals surface area contributed by atoms with Crippen molar-refractivity contribution < 1.29 is 32.7 Å². The monoisotopic (exact) mass is 419 g/mol. The molecule has 1 fully saturated rings. The van der Waals surface area contributed by atoms with Gasteiger partial charge < -0.3 is 15.3 Å². The first-order valence-electron chi connectivity index (χ1n) is 8.91. The molecule has 0 radical (unpaired) electrons. The minimum atomic E-state index is -5.08. The summed E-state index contributed by atoms with van der Waals surface area (Å²) in [4.78, 5) is 45.3. The predicted molar refractivity (Wildman–Crippen MR) is 95.6 cm³/mol. The van der Waals surface area contributed by atoms with E-state index in [0.717, 1.165) is 19.5 Å². The Bertz CT molecular complexity index is 687.